The van der Waals surface area contributed by atoms with Gasteiger partial charge < -0.3 is 4.90 Å². The van der Waals surface area contributed by atoms with E-state index in [4.69, 9.17) is 11.6 Å². The second kappa shape index (κ2) is 7.96. The summed E-state index contributed by atoms with van der Waals surface area (Å²) in [6, 6.07) is 16.9. The van der Waals surface area contributed by atoms with Crippen LogP contribution in [0.1, 0.15) is 26.7 Å². The number of benzene rings is 2. The molecule has 0 aliphatic rings. The van der Waals surface area contributed by atoms with E-state index in [1.807, 2.05) is 0 Å². The highest BCUT2D eigenvalue weighted by Crippen LogP contribution is 2.29. The van der Waals surface area contributed by atoms with Gasteiger partial charge in [-0.1, -0.05) is 49.7 Å². The van der Waals surface area contributed by atoms with E-state index in [2.05, 4.69) is 71.8 Å². The Morgan fingerprint density at radius 3 is 1.92 bits per heavy atom. The molecule has 2 nitrogen and oxygen atoms in total. The fourth-order valence-corrected chi connectivity index (χ4v) is 3.77. The number of hydrogen-bond acceptors (Lipinski definition) is 1. The molecule has 0 bridgehead atoms. The third-order valence-electron chi connectivity index (χ3n) is 4.86. The second-order valence-corrected chi connectivity index (χ2v) is 6.61. The van der Waals surface area contributed by atoms with Gasteiger partial charge in [0, 0.05) is 18.6 Å². The van der Waals surface area contributed by atoms with Gasteiger partial charge in [0.15, 0.2) is 0 Å². The molecule has 126 valence electrons. The molecule has 0 unspecified atom stereocenters. The van der Waals surface area contributed by atoms with Crippen molar-refractivity contribution in [1.29, 1.82) is 0 Å². The minimum Gasteiger partial charge on any atom is -0.304 e. The largest absolute Gasteiger partial charge is 0.304 e. The summed E-state index contributed by atoms with van der Waals surface area (Å²) in [5.74, 6) is 0. The van der Waals surface area contributed by atoms with Crippen molar-refractivity contribution < 1.29 is 4.57 Å². The van der Waals surface area contributed by atoms with Crippen molar-refractivity contribution in [2.24, 2.45) is 0 Å². The molecule has 3 rings (SSSR count). The molecule has 0 aliphatic heterocycles. The Bertz CT molecular complexity index is 768. The molecule has 2 aromatic carbocycles. The molecule has 0 saturated heterocycles. The van der Waals surface area contributed by atoms with Crippen LogP contribution in [0.15, 0.2) is 48.5 Å². The fraction of sp³-hybridized carbons (Fsp3) is 0.381. The van der Waals surface area contributed by atoms with E-state index in [0.29, 0.717) is 0 Å². The number of para-hydroxylation sites is 2. The Morgan fingerprint density at radius 2 is 1.38 bits per heavy atom. The number of pyridine rings is 1. The normalized spacial score (nSPS) is 11.7. The van der Waals surface area contributed by atoms with Gasteiger partial charge in [0.2, 0.25) is 11.0 Å². The van der Waals surface area contributed by atoms with Crippen LogP contribution in [-0.2, 0) is 6.54 Å². The van der Waals surface area contributed by atoms with Crippen LogP contribution in [0.5, 0.6) is 0 Å². The van der Waals surface area contributed by atoms with Crippen LogP contribution in [0.25, 0.3) is 21.8 Å². The molecule has 0 amide bonds. The lowest BCUT2D eigenvalue weighted by Gasteiger charge is -2.17. The van der Waals surface area contributed by atoms with Gasteiger partial charge in [-0.2, -0.15) is 4.57 Å². The molecule has 0 radical (unpaired) electrons. The molecule has 0 saturated carbocycles. The zero-order chi connectivity index (χ0) is 16.9. The van der Waals surface area contributed by atoms with Crippen LogP contribution in [0.2, 0.25) is 5.02 Å². The molecule has 0 spiro atoms. The Kier molecular flexibility index (Phi) is 5.70. The monoisotopic (exact) mass is 341 g/mol. The number of unbranched alkanes of at least 4 members (excludes halogenated alkanes) is 1. The lowest BCUT2D eigenvalue weighted by Crippen LogP contribution is -2.36. The van der Waals surface area contributed by atoms with E-state index in [0.717, 1.165) is 35.4 Å². The van der Waals surface area contributed by atoms with Gasteiger partial charge in [-0.25, -0.2) is 0 Å². The Balaban J connectivity index is 1.92. The van der Waals surface area contributed by atoms with Gasteiger partial charge in [-0.3, -0.25) is 0 Å². The van der Waals surface area contributed by atoms with Crippen molar-refractivity contribution in [3.8, 4) is 0 Å². The summed E-state index contributed by atoms with van der Waals surface area (Å²) in [6.45, 7) is 8.94. The summed E-state index contributed by atoms with van der Waals surface area (Å²) >= 11 is 6.67. The van der Waals surface area contributed by atoms with E-state index in [1.165, 1.54) is 30.4 Å². The molecule has 0 aliphatic carbocycles. The first-order chi connectivity index (χ1) is 11.8. The van der Waals surface area contributed by atoms with E-state index in [9.17, 15) is 0 Å². The predicted molar refractivity (Wildman–Crippen MR) is 104 cm³/mol. The van der Waals surface area contributed by atoms with Gasteiger partial charge in [0.25, 0.3) is 0 Å². The maximum Gasteiger partial charge on any atom is 0.214 e. The first kappa shape index (κ1) is 17.2. The molecule has 24 heavy (non-hydrogen) atoms. The molecule has 3 heteroatoms. The van der Waals surface area contributed by atoms with Crippen LogP contribution in [0.4, 0.5) is 0 Å². The van der Waals surface area contributed by atoms with Gasteiger partial charge in [-0.05, 0) is 38.2 Å². The number of fused-ring (bicyclic) bond motifs is 2. The van der Waals surface area contributed by atoms with E-state index < -0.39 is 0 Å². The summed E-state index contributed by atoms with van der Waals surface area (Å²) in [6.07, 6.45) is 2.40. The molecular weight excluding hydrogens is 316 g/mol. The highest BCUT2D eigenvalue weighted by Gasteiger charge is 2.18. The number of rotatable bonds is 7. The quantitative estimate of drug-likeness (QED) is 0.331. The van der Waals surface area contributed by atoms with Gasteiger partial charge in [-0.15, -0.1) is 0 Å². The van der Waals surface area contributed by atoms with Crippen LogP contribution >= 0.6 is 11.6 Å². The lowest BCUT2D eigenvalue weighted by atomic mass is 10.1. The smallest absolute Gasteiger partial charge is 0.214 e. The van der Waals surface area contributed by atoms with Crippen molar-refractivity contribution in [3.63, 3.8) is 0 Å². The third kappa shape index (κ3) is 3.40. The first-order valence-corrected chi connectivity index (χ1v) is 9.35. The maximum atomic E-state index is 6.67. The van der Waals surface area contributed by atoms with Crippen LogP contribution < -0.4 is 4.57 Å². The molecule has 1 heterocycles. The summed E-state index contributed by atoms with van der Waals surface area (Å²) < 4.78 is 2.43. The van der Waals surface area contributed by atoms with Crippen molar-refractivity contribution in [2.45, 2.75) is 33.2 Å². The third-order valence-corrected chi connectivity index (χ3v) is 5.27. The number of halogens is 1. The zero-order valence-electron chi connectivity index (χ0n) is 14.6. The van der Waals surface area contributed by atoms with Gasteiger partial charge >= 0.3 is 0 Å². The SMILES string of the molecule is CCN(CC)CCCC[n+]1c2ccccc2c(Cl)c2ccccc21. The number of aryl methyl sites for hydroxylation is 1. The molecule has 0 atom stereocenters. The molecule has 1 aromatic heterocycles. The zero-order valence-corrected chi connectivity index (χ0v) is 15.4. The minimum atomic E-state index is 0.862. The molecular formula is C21H26ClN2+. The topological polar surface area (TPSA) is 7.12 Å². The average Bonchev–Trinajstić information content (AvgIpc) is 2.64. The highest BCUT2D eigenvalue weighted by atomic mass is 35.5. The molecule has 0 fully saturated rings. The lowest BCUT2D eigenvalue weighted by molar-refractivity contribution is -0.645. The number of aromatic nitrogens is 1. The van der Waals surface area contributed by atoms with E-state index in [-0.39, 0.29) is 0 Å². The molecule has 0 N–H and O–H groups in total. The van der Waals surface area contributed by atoms with Crippen molar-refractivity contribution in [3.05, 3.63) is 53.6 Å². The fourth-order valence-electron chi connectivity index (χ4n) is 3.45. The Morgan fingerprint density at radius 1 is 0.833 bits per heavy atom. The summed E-state index contributed by atoms with van der Waals surface area (Å²) in [4.78, 5) is 2.49. The van der Waals surface area contributed by atoms with E-state index >= 15 is 0 Å². The van der Waals surface area contributed by atoms with Crippen molar-refractivity contribution in [1.82, 2.24) is 4.90 Å². The second-order valence-electron chi connectivity index (χ2n) is 6.23. The molecule has 3 aromatic rings. The maximum absolute atomic E-state index is 6.67. The van der Waals surface area contributed by atoms with Crippen molar-refractivity contribution >= 4 is 33.4 Å². The Labute approximate surface area is 149 Å². The number of hydrogen-bond donors (Lipinski definition) is 0. The van der Waals surface area contributed by atoms with E-state index in [1.54, 1.807) is 0 Å². The van der Waals surface area contributed by atoms with Gasteiger partial charge in [0.05, 0.1) is 15.8 Å². The van der Waals surface area contributed by atoms with Crippen LogP contribution in [0, 0.1) is 0 Å². The van der Waals surface area contributed by atoms with Gasteiger partial charge in [0.1, 0.15) is 6.54 Å². The summed E-state index contributed by atoms with van der Waals surface area (Å²) in [5.41, 5.74) is 2.45. The summed E-state index contributed by atoms with van der Waals surface area (Å²) in [7, 11) is 0. The number of nitrogens with zero attached hydrogens (tertiary/aromatic N) is 2. The average molecular weight is 342 g/mol. The highest BCUT2D eigenvalue weighted by molar-refractivity contribution is 6.39. The van der Waals surface area contributed by atoms with Crippen molar-refractivity contribution in [2.75, 3.05) is 19.6 Å². The Hall–Kier alpha value is -1.64. The summed E-state index contributed by atoms with van der Waals surface area (Å²) in [5, 5.41) is 3.14. The predicted octanol–water partition coefficient (Wildman–Crippen LogP) is 5.06. The standard InChI is InChI=1S/C21H26ClN2/c1-3-23(4-2)15-9-10-16-24-19-13-7-5-11-17(19)21(22)18-12-6-8-14-20(18)24/h5-8,11-14H,3-4,9-10,15-16H2,1-2H3/q+1. The minimum absolute atomic E-state index is 0.862. The van der Waals surface area contributed by atoms with Crippen LogP contribution in [0.3, 0.4) is 0 Å². The first-order valence-electron chi connectivity index (χ1n) is 8.97. The van der Waals surface area contributed by atoms with Crippen LogP contribution in [-0.4, -0.2) is 24.5 Å².